The second-order valence-electron chi connectivity index (χ2n) is 9.15. The third-order valence-corrected chi connectivity index (χ3v) is 6.77. The van der Waals surface area contributed by atoms with E-state index in [9.17, 15) is 14.4 Å². The first kappa shape index (κ1) is 21.3. The van der Waals surface area contributed by atoms with Gasteiger partial charge in [0.05, 0.1) is 24.0 Å². The number of H-pyrrole nitrogens is 1. The highest BCUT2D eigenvalue weighted by Gasteiger charge is 2.53. The highest BCUT2D eigenvalue weighted by Crippen LogP contribution is 2.37. The summed E-state index contributed by atoms with van der Waals surface area (Å²) < 4.78 is 26.7. The van der Waals surface area contributed by atoms with Gasteiger partial charge in [0.15, 0.2) is 22.5 Å². The lowest BCUT2D eigenvalue weighted by Gasteiger charge is -2.28. The topological polar surface area (TPSA) is 146 Å². The normalized spacial score (nSPS) is 19.2. The Kier molecular flexibility index (Phi) is 4.18. The first-order valence-corrected chi connectivity index (χ1v) is 11.4. The lowest BCUT2D eigenvalue weighted by Crippen LogP contribution is -2.52. The number of fused-ring (bicyclic) bond motifs is 3. The van der Waals surface area contributed by atoms with Gasteiger partial charge in [-0.1, -0.05) is 0 Å². The third kappa shape index (κ3) is 3.01. The van der Waals surface area contributed by atoms with Crippen molar-refractivity contribution in [3.63, 3.8) is 0 Å². The van der Waals surface area contributed by atoms with Gasteiger partial charge in [-0.25, -0.2) is 14.2 Å². The number of urea groups is 1. The molecule has 1 fully saturated rings. The standard InChI is InChI=1S/C25H17FN6O5/c1-11-4-12-5-13-9-32(22(33)19(13)20(26)21(12)36-11)10-25(23(34)30-24(35)31-25)18-6-16-17(37-18)3-2-15(29-16)14-7-27-28-8-14/h2-8H,9-10H2,1H3,(H,27,28)(H2,30,31,34,35)/t25-/m0/s1. The third-order valence-electron chi connectivity index (χ3n) is 6.77. The molecule has 12 heteroatoms. The Labute approximate surface area is 206 Å². The van der Waals surface area contributed by atoms with Crippen molar-refractivity contribution < 1.29 is 27.6 Å². The van der Waals surface area contributed by atoms with Crippen molar-refractivity contribution in [1.29, 1.82) is 0 Å². The van der Waals surface area contributed by atoms with Crippen molar-refractivity contribution in [3.8, 4) is 11.3 Å². The van der Waals surface area contributed by atoms with E-state index in [0.717, 1.165) is 5.56 Å². The Bertz CT molecular complexity index is 1790. The summed E-state index contributed by atoms with van der Waals surface area (Å²) in [6.07, 6.45) is 3.31. The Balaban J connectivity index is 1.29. The number of pyridine rings is 1. The Hall–Kier alpha value is -5.00. The first-order chi connectivity index (χ1) is 17.8. The molecule has 11 nitrogen and oxygen atoms in total. The van der Waals surface area contributed by atoms with Crippen molar-refractivity contribution in [2.24, 2.45) is 0 Å². The number of furan rings is 2. The van der Waals surface area contributed by atoms with Crippen molar-refractivity contribution in [2.45, 2.75) is 19.0 Å². The van der Waals surface area contributed by atoms with Crippen molar-refractivity contribution in [3.05, 3.63) is 71.2 Å². The zero-order chi connectivity index (χ0) is 25.5. The number of halogens is 1. The van der Waals surface area contributed by atoms with E-state index in [0.29, 0.717) is 33.5 Å². The molecule has 2 aliphatic heterocycles. The molecule has 0 bridgehead atoms. The summed E-state index contributed by atoms with van der Waals surface area (Å²) in [6.45, 7) is 1.45. The van der Waals surface area contributed by atoms with Crippen molar-refractivity contribution in [1.82, 2.24) is 30.7 Å². The average Bonchev–Trinajstić information content (AvgIpc) is 3.66. The summed E-state index contributed by atoms with van der Waals surface area (Å²) in [4.78, 5) is 44.6. The molecule has 0 aliphatic carbocycles. The van der Waals surface area contributed by atoms with E-state index in [1.807, 2.05) is 0 Å². The molecule has 37 heavy (non-hydrogen) atoms. The summed E-state index contributed by atoms with van der Waals surface area (Å²) in [5.41, 5.74) is 0.831. The summed E-state index contributed by atoms with van der Waals surface area (Å²) in [5.74, 6) is -1.44. The minimum absolute atomic E-state index is 0.00450. The Morgan fingerprint density at radius 2 is 2.03 bits per heavy atom. The van der Waals surface area contributed by atoms with Gasteiger partial charge >= 0.3 is 6.03 Å². The van der Waals surface area contributed by atoms with Crippen LogP contribution in [0, 0.1) is 12.7 Å². The van der Waals surface area contributed by atoms with E-state index in [2.05, 4.69) is 25.8 Å². The molecule has 0 radical (unpaired) electrons. The van der Waals surface area contributed by atoms with Crippen LogP contribution in [0.2, 0.25) is 0 Å². The van der Waals surface area contributed by atoms with Crippen LogP contribution in [-0.2, 0) is 16.9 Å². The van der Waals surface area contributed by atoms with Crippen LogP contribution in [0.3, 0.4) is 0 Å². The van der Waals surface area contributed by atoms with Crippen LogP contribution in [0.4, 0.5) is 9.18 Å². The van der Waals surface area contributed by atoms with Gasteiger partial charge < -0.3 is 19.1 Å². The predicted molar refractivity (Wildman–Crippen MR) is 126 cm³/mol. The summed E-state index contributed by atoms with van der Waals surface area (Å²) in [6, 6.07) is 7.64. The van der Waals surface area contributed by atoms with Gasteiger partial charge in [-0.2, -0.15) is 5.10 Å². The summed E-state index contributed by atoms with van der Waals surface area (Å²) in [5, 5.41) is 12.0. The van der Waals surface area contributed by atoms with Gasteiger partial charge in [-0.3, -0.25) is 20.0 Å². The summed E-state index contributed by atoms with van der Waals surface area (Å²) in [7, 11) is 0. The lowest BCUT2D eigenvalue weighted by molar-refractivity contribution is -0.125. The molecule has 0 spiro atoms. The quantitative estimate of drug-likeness (QED) is 0.321. The molecule has 2 aliphatic rings. The van der Waals surface area contributed by atoms with Gasteiger partial charge in [0, 0.05) is 29.8 Å². The number of aromatic nitrogens is 3. The highest BCUT2D eigenvalue weighted by atomic mass is 19.1. The van der Waals surface area contributed by atoms with Gasteiger partial charge in [-0.15, -0.1) is 0 Å². The minimum Gasteiger partial charge on any atom is -0.458 e. The second kappa shape index (κ2) is 7.26. The number of imide groups is 1. The molecule has 184 valence electrons. The van der Waals surface area contributed by atoms with E-state index in [4.69, 9.17) is 8.83 Å². The smallest absolute Gasteiger partial charge is 0.322 e. The molecular weight excluding hydrogens is 483 g/mol. The zero-order valence-corrected chi connectivity index (χ0v) is 19.2. The van der Waals surface area contributed by atoms with Gasteiger partial charge in [-0.05, 0) is 36.8 Å². The fourth-order valence-corrected chi connectivity index (χ4v) is 5.07. The number of aryl methyl sites for hydroxylation is 1. The van der Waals surface area contributed by atoms with E-state index in [1.165, 1.54) is 4.90 Å². The van der Waals surface area contributed by atoms with Crippen LogP contribution in [0.5, 0.6) is 0 Å². The minimum atomic E-state index is -1.74. The largest absolute Gasteiger partial charge is 0.458 e. The Morgan fingerprint density at radius 1 is 1.16 bits per heavy atom. The number of aromatic amines is 1. The van der Waals surface area contributed by atoms with Crippen LogP contribution in [0.25, 0.3) is 33.3 Å². The highest BCUT2D eigenvalue weighted by molar-refractivity contribution is 6.08. The molecular formula is C25H17FN6O5. The number of amides is 4. The maximum atomic E-state index is 15.2. The van der Waals surface area contributed by atoms with Crippen molar-refractivity contribution >= 4 is 39.9 Å². The van der Waals surface area contributed by atoms with E-state index < -0.39 is 29.2 Å². The average molecular weight is 500 g/mol. The molecule has 0 saturated carbocycles. The number of hydrogen-bond acceptors (Lipinski definition) is 7. The molecule has 3 N–H and O–H groups in total. The van der Waals surface area contributed by atoms with E-state index >= 15 is 4.39 Å². The number of nitrogens with one attached hydrogen (secondary N) is 3. The number of carbonyl (C=O) groups is 3. The molecule has 7 rings (SSSR count). The molecule has 6 heterocycles. The van der Waals surface area contributed by atoms with Gasteiger partial charge in [0.1, 0.15) is 17.0 Å². The predicted octanol–water partition coefficient (Wildman–Crippen LogP) is 3.10. The van der Waals surface area contributed by atoms with Crippen LogP contribution in [0.1, 0.15) is 27.4 Å². The first-order valence-electron chi connectivity index (χ1n) is 11.4. The van der Waals surface area contributed by atoms with Crippen LogP contribution >= 0.6 is 0 Å². The van der Waals surface area contributed by atoms with Gasteiger partial charge in [0.2, 0.25) is 0 Å². The molecule has 1 saturated heterocycles. The maximum Gasteiger partial charge on any atom is 0.322 e. The number of hydrogen-bond donors (Lipinski definition) is 3. The Morgan fingerprint density at radius 3 is 2.78 bits per heavy atom. The zero-order valence-electron chi connectivity index (χ0n) is 19.2. The monoisotopic (exact) mass is 500 g/mol. The number of rotatable bonds is 4. The molecule has 1 aromatic carbocycles. The SMILES string of the molecule is Cc1cc2cc3c(c(F)c2o1)C(=O)N(C[C@@]1(c2cc4nc(-c5cn[nH]c5)ccc4o2)NC(=O)NC1=O)C3. The van der Waals surface area contributed by atoms with E-state index in [1.54, 1.807) is 49.6 Å². The van der Waals surface area contributed by atoms with Gasteiger partial charge in [0.25, 0.3) is 11.8 Å². The summed E-state index contributed by atoms with van der Waals surface area (Å²) >= 11 is 0. The van der Waals surface area contributed by atoms with Crippen LogP contribution in [-0.4, -0.2) is 44.5 Å². The maximum absolute atomic E-state index is 15.2. The lowest BCUT2D eigenvalue weighted by atomic mass is 9.95. The number of nitrogens with zero attached hydrogens (tertiary/aromatic N) is 3. The van der Waals surface area contributed by atoms with Crippen molar-refractivity contribution in [2.75, 3.05) is 6.54 Å². The number of carbonyl (C=O) groups excluding carboxylic acids is 3. The van der Waals surface area contributed by atoms with Crippen LogP contribution in [0.15, 0.2) is 51.6 Å². The molecule has 4 amide bonds. The fraction of sp³-hybridized carbons (Fsp3) is 0.160. The van der Waals surface area contributed by atoms with Crippen LogP contribution < -0.4 is 10.6 Å². The second-order valence-corrected chi connectivity index (χ2v) is 9.15. The molecule has 1 atom stereocenters. The molecule has 5 aromatic rings. The molecule has 0 unspecified atom stereocenters. The molecule has 4 aromatic heterocycles. The fourth-order valence-electron chi connectivity index (χ4n) is 5.07. The van der Waals surface area contributed by atoms with E-state index in [-0.39, 0.29) is 30.0 Å². The number of benzene rings is 1.